The number of likely N-dealkylation sites (tertiary alicyclic amines) is 1. The van der Waals surface area contributed by atoms with Crippen LogP contribution in [0.3, 0.4) is 0 Å². The van der Waals surface area contributed by atoms with Crippen molar-refractivity contribution in [1.29, 1.82) is 0 Å². The number of benzene rings is 1. The van der Waals surface area contributed by atoms with Gasteiger partial charge in [-0.25, -0.2) is 0 Å². The van der Waals surface area contributed by atoms with Gasteiger partial charge in [-0.3, -0.25) is 9.69 Å². The molecule has 0 N–H and O–H groups in total. The van der Waals surface area contributed by atoms with E-state index in [0.29, 0.717) is 12.5 Å². The molecule has 0 aromatic heterocycles. The monoisotopic (exact) mass is 244 g/mol. The Morgan fingerprint density at radius 2 is 2.06 bits per heavy atom. The highest BCUT2D eigenvalue weighted by Crippen LogP contribution is 2.20. The van der Waals surface area contributed by atoms with Gasteiger partial charge in [-0.15, -0.1) is 0 Å². The lowest BCUT2D eigenvalue weighted by Crippen LogP contribution is -2.47. The summed E-state index contributed by atoms with van der Waals surface area (Å²) in [6.07, 6.45) is 2.25. The molecule has 0 bridgehead atoms. The van der Waals surface area contributed by atoms with Crippen molar-refractivity contribution < 1.29 is 4.79 Å². The van der Waals surface area contributed by atoms with Crippen LogP contribution in [0.25, 0.3) is 0 Å². The first kappa shape index (κ1) is 11.7. The Balaban J connectivity index is 1.65. The van der Waals surface area contributed by atoms with Crippen LogP contribution in [0.4, 0.5) is 0 Å². The molecule has 1 saturated heterocycles. The van der Waals surface area contributed by atoms with Crippen molar-refractivity contribution in [2.24, 2.45) is 0 Å². The number of carbonyl (C=O) groups is 1. The summed E-state index contributed by atoms with van der Waals surface area (Å²) in [5.74, 6) is 0.303. The maximum Gasteiger partial charge on any atom is 0.236 e. The molecule has 0 atom stereocenters. The summed E-state index contributed by atoms with van der Waals surface area (Å²) < 4.78 is 0. The number of aryl methyl sites for hydroxylation is 1. The first-order valence-electron chi connectivity index (χ1n) is 6.81. The van der Waals surface area contributed by atoms with E-state index >= 15 is 0 Å². The van der Waals surface area contributed by atoms with Gasteiger partial charge in [0.25, 0.3) is 0 Å². The number of hydrogen-bond donors (Lipinski definition) is 0. The van der Waals surface area contributed by atoms with Gasteiger partial charge in [-0.1, -0.05) is 23.8 Å². The molecular weight excluding hydrogens is 224 g/mol. The van der Waals surface area contributed by atoms with E-state index in [-0.39, 0.29) is 0 Å². The largest absolute Gasteiger partial charge is 0.341 e. The standard InChI is InChI=1S/C15H20N2O/c1-12-3-4-13-5-8-16(10-14(13)9-12)11-15(18)17-6-2-7-17/h3-4,9H,2,5-8,10-11H2,1H3. The van der Waals surface area contributed by atoms with Crippen molar-refractivity contribution in [3.8, 4) is 0 Å². The van der Waals surface area contributed by atoms with E-state index in [4.69, 9.17) is 0 Å². The molecule has 1 amide bonds. The van der Waals surface area contributed by atoms with Gasteiger partial charge in [0.2, 0.25) is 5.91 Å². The van der Waals surface area contributed by atoms with E-state index in [0.717, 1.165) is 32.6 Å². The Morgan fingerprint density at radius 3 is 2.78 bits per heavy atom. The Kier molecular flexibility index (Phi) is 3.08. The van der Waals surface area contributed by atoms with E-state index < -0.39 is 0 Å². The quantitative estimate of drug-likeness (QED) is 0.788. The third kappa shape index (κ3) is 2.27. The first-order chi connectivity index (χ1) is 8.72. The van der Waals surface area contributed by atoms with Crippen LogP contribution in [0.2, 0.25) is 0 Å². The van der Waals surface area contributed by atoms with Crippen LogP contribution in [0, 0.1) is 6.92 Å². The average molecular weight is 244 g/mol. The number of carbonyl (C=O) groups excluding carboxylic acids is 1. The normalized spacial score (nSPS) is 19.3. The van der Waals surface area contributed by atoms with Gasteiger partial charge in [0.05, 0.1) is 6.54 Å². The van der Waals surface area contributed by atoms with Crippen molar-refractivity contribution in [2.45, 2.75) is 26.3 Å². The van der Waals surface area contributed by atoms with Gasteiger partial charge in [0.15, 0.2) is 0 Å². The topological polar surface area (TPSA) is 23.6 Å². The minimum atomic E-state index is 0.303. The van der Waals surface area contributed by atoms with E-state index in [1.807, 2.05) is 4.90 Å². The first-order valence-corrected chi connectivity index (χ1v) is 6.81. The summed E-state index contributed by atoms with van der Waals surface area (Å²) >= 11 is 0. The highest BCUT2D eigenvalue weighted by Gasteiger charge is 2.24. The Bertz CT molecular complexity index is 466. The molecule has 0 unspecified atom stereocenters. The van der Waals surface area contributed by atoms with Crippen LogP contribution in [0.1, 0.15) is 23.1 Å². The van der Waals surface area contributed by atoms with Crippen molar-refractivity contribution in [3.05, 3.63) is 34.9 Å². The molecule has 0 radical (unpaired) electrons. The lowest BCUT2D eigenvalue weighted by Gasteiger charge is -2.34. The van der Waals surface area contributed by atoms with Crippen molar-refractivity contribution in [3.63, 3.8) is 0 Å². The fraction of sp³-hybridized carbons (Fsp3) is 0.533. The zero-order valence-electron chi connectivity index (χ0n) is 11.0. The van der Waals surface area contributed by atoms with Crippen molar-refractivity contribution >= 4 is 5.91 Å². The van der Waals surface area contributed by atoms with E-state index in [1.165, 1.54) is 23.1 Å². The summed E-state index contributed by atoms with van der Waals surface area (Å²) in [7, 11) is 0. The number of fused-ring (bicyclic) bond motifs is 1. The predicted molar refractivity (Wildman–Crippen MR) is 71.4 cm³/mol. The Hall–Kier alpha value is -1.35. The smallest absolute Gasteiger partial charge is 0.236 e. The molecule has 2 heterocycles. The average Bonchev–Trinajstić information content (AvgIpc) is 2.25. The summed E-state index contributed by atoms with van der Waals surface area (Å²) in [4.78, 5) is 16.2. The molecule has 2 aliphatic heterocycles. The lowest BCUT2D eigenvalue weighted by molar-refractivity contribution is -0.136. The van der Waals surface area contributed by atoms with Gasteiger partial charge < -0.3 is 4.90 Å². The maximum atomic E-state index is 12.0. The third-order valence-electron chi connectivity index (χ3n) is 4.02. The van der Waals surface area contributed by atoms with E-state index in [9.17, 15) is 4.79 Å². The highest BCUT2D eigenvalue weighted by atomic mass is 16.2. The summed E-state index contributed by atoms with van der Waals surface area (Å²) in [6.45, 7) is 6.58. The second-order valence-electron chi connectivity index (χ2n) is 5.47. The molecule has 0 spiro atoms. The van der Waals surface area contributed by atoms with E-state index in [1.54, 1.807) is 0 Å². The fourth-order valence-corrected chi connectivity index (χ4v) is 2.74. The number of rotatable bonds is 2. The Labute approximate surface area is 108 Å². The van der Waals surface area contributed by atoms with Gasteiger partial charge in [0, 0.05) is 26.2 Å². The predicted octanol–water partition coefficient (Wildman–Crippen LogP) is 1.59. The molecule has 18 heavy (non-hydrogen) atoms. The molecule has 1 aromatic rings. The number of nitrogens with zero attached hydrogens (tertiary/aromatic N) is 2. The molecule has 3 nitrogen and oxygen atoms in total. The maximum absolute atomic E-state index is 12.0. The summed E-state index contributed by atoms with van der Waals surface area (Å²) in [6, 6.07) is 6.68. The minimum Gasteiger partial charge on any atom is -0.341 e. The SMILES string of the molecule is Cc1ccc2c(c1)CN(CC(=O)N1CCC1)CC2. The van der Waals surface area contributed by atoms with Gasteiger partial charge in [-0.2, -0.15) is 0 Å². The number of amides is 1. The van der Waals surface area contributed by atoms with Crippen LogP contribution >= 0.6 is 0 Å². The van der Waals surface area contributed by atoms with Gasteiger partial charge in [0.1, 0.15) is 0 Å². The van der Waals surface area contributed by atoms with Crippen LogP contribution in [0.5, 0.6) is 0 Å². The van der Waals surface area contributed by atoms with E-state index in [2.05, 4.69) is 30.0 Å². The highest BCUT2D eigenvalue weighted by molar-refractivity contribution is 5.79. The van der Waals surface area contributed by atoms with Crippen LogP contribution in [-0.4, -0.2) is 41.9 Å². The molecule has 3 heteroatoms. The molecule has 1 fully saturated rings. The summed E-state index contributed by atoms with van der Waals surface area (Å²) in [5.41, 5.74) is 4.16. The third-order valence-corrected chi connectivity index (χ3v) is 4.02. The van der Waals surface area contributed by atoms with Crippen LogP contribution in [0.15, 0.2) is 18.2 Å². The van der Waals surface area contributed by atoms with Crippen molar-refractivity contribution in [2.75, 3.05) is 26.2 Å². The molecule has 0 saturated carbocycles. The molecule has 1 aromatic carbocycles. The molecular formula is C15H20N2O. The zero-order valence-corrected chi connectivity index (χ0v) is 11.0. The molecule has 2 aliphatic rings. The lowest BCUT2D eigenvalue weighted by atomic mass is 9.98. The van der Waals surface area contributed by atoms with Gasteiger partial charge in [-0.05, 0) is 30.9 Å². The number of hydrogen-bond acceptors (Lipinski definition) is 2. The molecule has 96 valence electrons. The van der Waals surface area contributed by atoms with Gasteiger partial charge >= 0.3 is 0 Å². The van der Waals surface area contributed by atoms with Crippen LogP contribution < -0.4 is 0 Å². The zero-order chi connectivity index (χ0) is 12.5. The second-order valence-corrected chi connectivity index (χ2v) is 5.47. The van der Waals surface area contributed by atoms with Crippen molar-refractivity contribution in [1.82, 2.24) is 9.80 Å². The second kappa shape index (κ2) is 4.73. The van der Waals surface area contributed by atoms with Crippen LogP contribution in [-0.2, 0) is 17.8 Å². The Morgan fingerprint density at radius 1 is 1.22 bits per heavy atom. The summed E-state index contributed by atoms with van der Waals surface area (Å²) in [5, 5.41) is 0. The minimum absolute atomic E-state index is 0.303. The molecule has 3 rings (SSSR count). The fourth-order valence-electron chi connectivity index (χ4n) is 2.74. The molecule has 0 aliphatic carbocycles.